The fraction of sp³-hybridized carbons (Fsp3) is 0.209. The first-order valence-electron chi connectivity index (χ1n) is 16.4. The van der Waals surface area contributed by atoms with Crippen LogP contribution in [0.1, 0.15) is 56.6 Å². The number of hydrogen-bond donors (Lipinski definition) is 0. The minimum Gasteiger partial charge on any atom is -0.459 e. The van der Waals surface area contributed by atoms with Crippen LogP contribution >= 0.6 is 0 Å². The van der Waals surface area contributed by atoms with E-state index in [9.17, 15) is 10.5 Å². The second kappa shape index (κ2) is 9.47. The summed E-state index contributed by atoms with van der Waals surface area (Å²) >= 11 is 0. The lowest BCUT2D eigenvalue weighted by molar-refractivity contribution is 0.239. The number of benzene rings is 4. The highest BCUT2D eigenvalue weighted by atomic mass is 16.3. The number of rotatable bonds is 2. The molecule has 6 aromatic rings. The van der Waals surface area contributed by atoms with Gasteiger partial charge in [0.25, 0.3) is 0 Å². The Balaban J connectivity index is 1.27. The third kappa shape index (κ3) is 3.62. The number of allylic oxidation sites excluding steroid dienone is 5. The molecule has 2 unspecified atom stereocenters. The molecule has 0 fully saturated rings. The van der Waals surface area contributed by atoms with Gasteiger partial charge in [-0.15, -0.1) is 0 Å². The van der Waals surface area contributed by atoms with Gasteiger partial charge in [0, 0.05) is 33.2 Å². The molecule has 4 aromatic carbocycles. The molecule has 9 rings (SSSR count). The first kappa shape index (κ1) is 27.7. The number of furan rings is 1. The van der Waals surface area contributed by atoms with Crippen LogP contribution in [0.2, 0.25) is 0 Å². The van der Waals surface area contributed by atoms with E-state index in [1.807, 2.05) is 48.5 Å². The molecule has 3 aliphatic rings. The molecule has 0 N–H and O–H groups in total. The molecule has 4 nitrogen and oxygen atoms in total. The van der Waals surface area contributed by atoms with E-state index in [-0.39, 0.29) is 10.8 Å². The summed E-state index contributed by atoms with van der Waals surface area (Å²) in [5.41, 5.74) is 11.1. The van der Waals surface area contributed by atoms with Gasteiger partial charge < -0.3 is 8.98 Å². The Morgan fingerprint density at radius 1 is 0.787 bits per heavy atom. The first-order valence-corrected chi connectivity index (χ1v) is 16.4. The lowest BCUT2D eigenvalue weighted by Gasteiger charge is -2.39. The van der Waals surface area contributed by atoms with Crippen LogP contribution in [0, 0.1) is 39.9 Å². The number of hydrogen-bond acceptors (Lipinski definition) is 3. The molecule has 0 spiro atoms. The molecule has 0 bridgehead atoms. The molecule has 3 atom stereocenters. The lowest BCUT2D eigenvalue weighted by Crippen LogP contribution is -2.36. The third-order valence-electron chi connectivity index (χ3n) is 11.3. The number of para-hydroxylation sites is 1. The molecule has 226 valence electrons. The maximum absolute atomic E-state index is 9.98. The van der Waals surface area contributed by atoms with Gasteiger partial charge in [0.15, 0.2) is 0 Å². The minimum atomic E-state index is -0.240. The Morgan fingerprint density at radius 2 is 1.55 bits per heavy atom. The van der Waals surface area contributed by atoms with Gasteiger partial charge in [-0.05, 0) is 90.4 Å². The second-order valence-corrected chi connectivity index (χ2v) is 14.3. The van der Waals surface area contributed by atoms with Crippen molar-refractivity contribution in [2.24, 2.45) is 17.3 Å². The normalized spacial score (nSPS) is 22.3. The number of aromatic nitrogens is 1. The van der Waals surface area contributed by atoms with E-state index in [0.29, 0.717) is 23.0 Å². The molecule has 2 aromatic heterocycles. The highest BCUT2D eigenvalue weighted by molar-refractivity contribution is 6.10. The van der Waals surface area contributed by atoms with Crippen LogP contribution in [0.3, 0.4) is 0 Å². The van der Waals surface area contributed by atoms with E-state index in [1.54, 1.807) is 5.57 Å². The van der Waals surface area contributed by atoms with Gasteiger partial charge in [0.1, 0.15) is 11.3 Å². The van der Waals surface area contributed by atoms with Crippen LogP contribution in [0.4, 0.5) is 0 Å². The zero-order chi connectivity index (χ0) is 32.2. The van der Waals surface area contributed by atoms with Crippen molar-refractivity contribution in [3.8, 4) is 29.0 Å². The third-order valence-corrected chi connectivity index (χ3v) is 11.3. The molecule has 0 saturated carbocycles. The van der Waals surface area contributed by atoms with Crippen molar-refractivity contribution in [1.82, 2.24) is 4.57 Å². The molecule has 0 radical (unpaired) electrons. The van der Waals surface area contributed by atoms with Crippen LogP contribution in [-0.4, -0.2) is 4.57 Å². The molecule has 0 saturated heterocycles. The van der Waals surface area contributed by atoms with Gasteiger partial charge in [-0.1, -0.05) is 74.9 Å². The van der Waals surface area contributed by atoms with Crippen LogP contribution in [0.15, 0.2) is 113 Å². The van der Waals surface area contributed by atoms with E-state index in [0.717, 1.165) is 67.3 Å². The Kier molecular flexibility index (Phi) is 5.59. The summed E-state index contributed by atoms with van der Waals surface area (Å²) in [6.07, 6.45) is 10.5. The Labute approximate surface area is 274 Å². The average Bonchev–Trinajstić information content (AvgIpc) is 3.68. The molecular weight excluding hydrogens is 574 g/mol. The number of nitrogens with zero attached hydrogens (tertiary/aromatic N) is 3. The van der Waals surface area contributed by atoms with Crippen molar-refractivity contribution in [3.63, 3.8) is 0 Å². The Bertz CT molecular complexity index is 2540. The molecule has 4 heteroatoms. The fourth-order valence-electron chi connectivity index (χ4n) is 9.09. The predicted octanol–water partition coefficient (Wildman–Crippen LogP) is 10.8. The zero-order valence-electron chi connectivity index (χ0n) is 26.9. The van der Waals surface area contributed by atoms with Crippen LogP contribution < -0.4 is 0 Å². The minimum absolute atomic E-state index is 0.0460. The van der Waals surface area contributed by atoms with Gasteiger partial charge in [-0.3, -0.25) is 0 Å². The van der Waals surface area contributed by atoms with Crippen molar-refractivity contribution in [3.05, 3.63) is 131 Å². The topological polar surface area (TPSA) is 65.7 Å². The van der Waals surface area contributed by atoms with Crippen molar-refractivity contribution >= 4 is 38.9 Å². The summed E-state index contributed by atoms with van der Waals surface area (Å²) in [6.45, 7) is 9.49. The van der Waals surface area contributed by atoms with E-state index in [4.69, 9.17) is 4.42 Å². The number of nitriles is 2. The largest absolute Gasteiger partial charge is 0.459 e. The maximum Gasteiger partial charge on any atom is 0.135 e. The van der Waals surface area contributed by atoms with Gasteiger partial charge in [-0.25, -0.2) is 0 Å². The van der Waals surface area contributed by atoms with E-state index >= 15 is 0 Å². The average molecular weight is 608 g/mol. The van der Waals surface area contributed by atoms with Crippen molar-refractivity contribution in [2.45, 2.75) is 39.5 Å². The van der Waals surface area contributed by atoms with Crippen molar-refractivity contribution in [1.29, 1.82) is 10.5 Å². The van der Waals surface area contributed by atoms with Crippen LogP contribution in [-0.2, 0) is 5.41 Å². The Morgan fingerprint density at radius 3 is 2.38 bits per heavy atom. The van der Waals surface area contributed by atoms with Gasteiger partial charge in [-0.2, -0.15) is 10.5 Å². The van der Waals surface area contributed by atoms with Gasteiger partial charge in [0.2, 0.25) is 0 Å². The molecular formula is C43H33N3O. The standard InChI is InChI=1S/C43H33N3O/c1-25-9-14-34-35(19-25)42(2,3)40-18-13-30-33-22-28(12-17-39(33)47-41(30)43(34,40)4)31-20-26(23-44)10-15-37(31)46-36-8-6-5-7-29(36)32-21-27(24-45)11-16-38(32)46/h5-18,20-22,25,40H,19H2,1-4H3/t25-,40?,43?/m0/s1. The quantitative estimate of drug-likeness (QED) is 0.197. The van der Waals surface area contributed by atoms with E-state index in [2.05, 4.69) is 99.0 Å². The number of fused-ring (bicyclic) bond motifs is 9. The molecule has 3 aliphatic carbocycles. The molecule has 2 heterocycles. The summed E-state index contributed by atoms with van der Waals surface area (Å²) < 4.78 is 9.11. The van der Waals surface area contributed by atoms with Gasteiger partial charge in [0.05, 0.1) is 45.4 Å². The summed E-state index contributed by atoms with van der Waals surface area (Å²) in [6, 6.07) is 31.2. The summed E-state index contributed by atoms with van der Waals surface area (Å²) in [5.74, 6) is 1.91. The van der Waals surface area contributed by atoms with Gasteiger partial charge >= 0.3 is 0 Å². The Hall–Kier alpha value is -5.58. The fourth-order valence-corrected chi connectivity index (χ4v) is 9.09. The highest BCUT2D eigenvalue weighted by Gasteiger charge is 2.57. The zero-order valence-corrected chi connectivity index (χ0v) is 26.9. The van der Waals surface area contributed by atoms with E-state index in [1.165, 1.54) is 5.57 Å². The highest BCUT2D eigenvalue weighted by Crippen LogP contribution is 2.64. The van der Waals surface area contributed by atoms with Crippen molar-refractivity contribution in [2.75, 3.05) is 0 Å². The molecule has 47 heavy (non-hydrogen) atoms. The predicted molar refractivity (Wildman–Crippen MR) is 189 cm³/mol. The smallest absolute Gasteiger partial charge is 0.135 e. The summed E-state index contributed by atoms with van der Waals surface area (Å²) in [4.78, 5) is 0. The maximum atomic E-state index is 9.98. The monoisotopic (exact) mass is 607 g/mol. The van der Waals surface area contributed by atoms with E-state index < -0.39 is 0 Å². The SMILES string of the molecule is C[C@H]1C=CC2=C(C1)C(C)(C)C1C=Cc3c(oc4ccc(-c5cc(C#N)ccc5-n5c6ccccc6c6cc(C#N)ccc65)cc34)C21C. The summed E-state index contributed by atoms with van der Waals surface area (Å²) in [7, 11) is 0. The van der Waals surface area contributed by atoms with Crippen molar-refractivity contribution < 1.29 is 4.42 Å². The summed E-state index contributed by atoms with van der Waals surface area (Å²) in [5, 5.41) is 22.8. The lowest BCUT2D eigenvalue weighted by atomic mass is 9.63. The van der Waals surface area contributed by atoms with Crippen LogP contribution in [0.25, 0.3) is 55.7 Å². The molecule has 0 aliphatic heterocycles. The molecule has 0 amide bonds. The second-order valence-electron chi connectivity index (χ2n) is 14.3. The first-order chi connectivity index (χ1) is 22.7. The van der Waals surface area contributed by atoms with Crippen LogP contribution in [0.5, 0.6) is 0 Å².